The molecule has 0 atom stereocenters. The van der Waals surface area contributed by atoms with Crippen molar-refractivity contribution in [2.45, 2.75) is 6.54 Å². The van der Waals surface area contributed by atoms with Crippen molar-refractivity contribution >= 4 is 29.0 Å². The molecule has 0 aliphatic heterocycles. The quantitative estimate of drug-likeness (QED) is 0.713. The standard InChI is InChI=1S/C11H13Cl2N5/c12-8-5-9(13)11(18-6-8)17-2-1-14-7-10-15-3-4-16-10/h3-6,14H,1-2,7H2,(H,15,16)(H,17,18). The maximum atomic E-state index is 5.98. The predicted octanol–water partition coefficient (Wildman–Crippen LogP) is 2.31. The molecular weight excluding hydrogens is 273 g/mol. The van der Waals surface area contributed by atoms with Crippen LogP contribution in [0.5, 0.6) is 0 Å². The maximum absolute atomic E-state index is 5.98. The molecule has 0 radical (unpaired) electrons. The molecule has 0 aliphatic rings. The molecule has 0 spiro atoms. The number of hydrogen-bond acceptors (Lipinski definition) is 4. The fraction of sp³-hybridized carbons (Fsp3) is 0.273. The van der Waals surface area contributed by atoms with Gasteiger partial charge in [0.1, 0.15) is 11.6 Å². The Morgan fingerprint density at radius 3 is 2.83 bits per heavy atom. The molecule has 2 rings (SSSR count). The molecule has 2 aromatic rings. The number of anilines is 1. The van der Waals surface area contributed by atoms with Crippen LogP contribution >= 0.6 is 23.2 Å². The van der Waals surface area contributed by atoms with Crippen LogP contribution < -0.4 is 10.6 Å². The normalized spacial score (nSPS) is 10.6. The summed E-state index contributed by atoms with van der Waals surface area (Å²) in [6.07, 6.45) is 5.09. The fourth-order valence-corrected chi connectivity index (χ4v) is 1.86. The van der Waals surface area contributed by atoms with Crippen LogP contribution in [0.25, 0.3) is 0 Å². The zero-order chi connectivity index (χ0) is 12.8. The Bertz CT molecular complexity index is 486. The molecule has 96 valence electrons. The summed E-state index contributed by atoms with van der Waals surface area (Å²) in [5.41, 5.74) is 0. The molecule has 0 bridgehead atoms. The lowest BCUT2D eigenvalue weighted by molar-refractivity contribution is 0.681. The van der Waals surface area contributed by atoms with E-state index in [0.29, 0.717) is 22.4 Å². The van der Waals surface area contributed by atoms with Gasteiger partial charge in [0.05, 0.1) is 16.6 Å². The summed E-state index contributed by atoms with van der Waals surface area (Å²) >= 11 is 11.7. The number of nitrogens with one attached hydrogen (secondary N) is 3. The summed E-state index contributed by atoms with van der Waals surface area (Å²) < 4.78 is 0. The summed E-state index contributed by atoms with van der Waals surface area (Å²) in [6, 6.07) is 1.66. The van der Waals surface area contributed by atoms with Crippen molar-refractivity contribution < 1.29 is 0 Å². The second-order valence-electron chi connectivity index (χ2n) is 3.62. The Kier molecular flexibility index (Phi) is 4.81. The Morgan fingerprint density at radius 1 is 1.22 bits per heavy atom. The number of imidazole rings is 1. The first-order chi connectivity index (χ1) is 8.75. The Labute approximate surface area is 115 Å². The van der Waals surface area contributed by atoms with E-state index in [0.717, 1.165) is 18.9 Å². The van der Waals surface area contributed by atoms with Gasteiger partial charge in [-0.1, -0.05) is 23.2 Å². The van der Waals surface area contributed by atoms with Gasteiger partial charge in [-0.2, -0.15) is 0 Å². The highest BCUT2D eigenvalue weighted by molar-refractivity contribution is 6.35. The number of aromatic amines is 1. The van der Waals surface area contributed by atoms with Crippen LogP contribution in [0.1, 0.15) is 5.82 Å². The number of nitrogens with zero attached hydrogens (tertiary/aromatic N) is 2. The fourth-order valence-electron chi connectivity index (χ4n) is 1.42. The van der Waals surface area contributed by atoms with E-state index in [1.54, 1.807) is 24.7 Å². The molecule has 0 fully saturated rings. The Hall–Kier alpha value is -1.30. The summed E-state index contributed by atoms with van der Waals surface area (Å²) in [4.78, 5) is 11.2. The van der Waals surface area contributed by atoms with Gasteiger partial charge in [-0.05, 0) is 6.07 Å². The third-order valence-corrected chi connectivity index (χ3v) is 2.74. The van der Waals surface area contributed by atoms with Crippen molar-refractivity contribution in [3.63, 3.8) is 0 Å². The lowest BCUT2D eigenvalue weighted by atomic mass is 10.4. The van der Waals surface area contributed by atoms with Crippen LogP contribution in [0.2, 0.25) is 10.0 Å². The van der Waals surface area contributed by atoms with Crippen LogP contribution in [0.3, 0.4) is 0 Å². The number of rotatable bonds is 6. The second-order valence-corrected chi connectivity index (χ2v) is 4.47. The first-order valence-electron chi connectivity index (χ1n) is 5.49. The van der Waals surface area contributed by atoms with Gasteiger partial charge in [-0.3, -0.25) is 0 Å². The van der Waals surface area contributed by atoms with E-state index >= 15 is 0 Å². The molecule has 18 heavy (non-hydrogen) atoms. The molecule has 0 aliphatic carbocycles. The highest BCUT2D eigenvalue weighted by Crippen LogP contribution is 2.21. The number of aromatic nitrogens is 3. The van der Waals surface area contributed by atoms with Gasteiger partial charge < -0.3 is 15.6 Å². The van der Waals surface area contributed by atoms with E-state index in [-0.39, 0.29) is 0 Å². The number of pyridine rings is 1. The second kappa shape index (κ2) is 6.58. The lowest BCUT2D eigenvalue weighted by Crippen LogP contribution is -2.22. The number of H-pyrrole nitrogens is 1. The van der Waals surface area contributed by atoms with Crippen LogP contribution in [0, 0.1) is 0 Å². The average molecular weight is 286 g/mol. The third-order valence-electron chi connectivity index (χ3n) is 2.25. The van der Waals surface area contributed by atoms with Gasteiger partial charge >= 0.3 is 0 Å². The molecule has 3 N–H and O–H groups in total. The monoisotopic (exact) mass is 285 g/mol. The first-order valence-corrected chi connectivity index (χ1v) is 6.25. The molecule has 0 amide bonds. The van der Waals surface area contributed by atoms with E-state index in [2.05, 4.69) is 25.6 Å². The first kappa shape index (κ1) is 13.1. The highest BCUT2D eigenvalue weighted by atomic mass is 35.5. The van der Waals surface area contributed by atoms with Gasteiger partial charge in [0.2, 0.25) is 0 Å². The predicted molar refractivity (Wildman–Crippen MR) is 73.0 cm³/mol. The van der Waals surface area contributed by atoms with E-state index in [9.17, 15) is 0 Å². The minimum absolute atomic E-state index is 0.522. The summed E-state index contributed by atoms with van der Waals surface area (Å²) in [6.45, 7) is 2.20. The van der Waals surface area contributed by atoms with Gasteiger partial charge in [-0.15, -0.1) is 0 Å². The topological polar surface area (TPSA) is 65.6 Å². The zero-order valence-corrected chi connectivity index (χ0v) is 11.1. The van der Waals surface area contributed by atoms with Crippen molar-refractivity contribution in [2.24, 2.45) is 0 Å². The van der Waals surface area contributed by atoms with Crippen molar-refractivity contribution in [1.82, 2.24) is 20.3 Å². The summed E-state index contributed by atoms with van der Waals surface area (Å²) in [5, 5.41) is 7.41. The van der Waals surface area contributed by atoms with Gasteiger partial charge in [-0.25, -0.2) is 9.97 Å². The van der Waals surface area contributed by atoms with Gasteiger partial charge in [0.15, 0.2) is 0 Å². The molecule has 2 aromatic heterocycles. The van der Waals surface area contributed by atoms with E-state index in [4.69, 9.17) is 23.2 Å². The lowest BCUT2D eigenvalue weighted by Gasteiger charge is -2.07. The van der Waals surface area contributed by atoms with Gasteiger partial charge in [0, 0.05) is 31.7 Å². The van der Waals surface area contributed by atoms with Gasteiger partial charge in [0.25, 0.3) is 0 Å². The third kappa shape index (κ3) is 3.87. The number of hydrogen-bond donors (Lipinski definition) is 3. The molecule has 5 nitrogen and oxygen atoms in total. The zero-order valence-electron chi connectivity index (χ0n) is 9.58. The van der Waals surface area contributed by atoms with E-state index in [1.165, 1.54) is 0 Å². The van der Waals surface area contributed by atoms with Crippen molar-refractivity contribution in [2.75, 3.05) is 18.4 Å². The molecule has 0 aromatic carbocycles. The van der Waals surface area contributed by atoms with Crippen molar-refractivity contribution in [3.05, 3.63) is 40.5 Å². The largest absolute Gasteiger partial charge is 0.368 e. The Balaban J connectivity index is 1.69. The minimum Gasteiger partial charge on any atom is -0.368 e. The average Bonchev–Trinajstić information content (AvgIpc) is 2.84. The molecular formula is C11H13Cl2N5. The number of halogens is 2. The van der Waals surface area contributed by atoms with Crippen LogP contribution in [0.4, 0.5) is 5.82 Å². The van der Waals surface area contributed by atoms with Crippen molar-refractivity contribution in [3.8, 4) is 0 Å². The maximum Gasteiger partial charge on any atom is 0.144 e. The molecule has 0 saturated carbocycles. The SMILES string of the molecule is Clc1cnc(NCCNCc2ncc[nH]2)c(Cl)c1. The summed E-state index contributed by atoms with van der Waals surface area (Å²) in [5.74, 6) is 1.55. The Morgan fingerprint density at radius 2 is 2.11 bits per heavy atom. The van der Waals surface area contributed by atoms with Crippen molar-refractivity contribution in [1.29, 1.82) is 0 Å². The van der Waals surface area contributed by atoms with Crippen LogP contribution in [-0.2, 0) is 6.54 Å². The van der Waals surface area contributed by atoms with Crippen LogP contribution in [-0.4, -0.2) is 28.0 Å². The smallest absolute Gasteiger partial charge is 0.144 e. The summed E-state index contributed by atoms with van der Waals surface area (Å²) in [7, 11) is 0. The molecule has 2 heterocycles. The molecule has 0 saturated heterocycles. The van der Waals surface area contributed by atoms with E-state index < -0.39 is 0 Å². The van der Waals surface area contributed by atoms with E-state index in [1.807, 2.05) is 0 Å². The highest BCUT2D eigenvalue weighted by Gasteiger charge is 2.01. The molecule has 7 heteroatoms. The van der Waals surface area contributed by atoms with Crippen LogP contribution in [0.15, 0.2) is 24.7 Å². The molecule has 0 unspecified atom stereocenters. The minimum atomic E-state index is 0.522.